The molecule has 20 heavy (non-hydrogen) atoms. The third-order valence-electron chi connectivity index (χ3n) is 3.40. The smallest absolute Gasteiger partial charge is 0.193 e. The van der Waals surface area contributed by atoms with E-state index in [4.69, 9.17) is 9.47 Å². The molecule has 0 unspecified atom stereocenters. The molecule has 1 aliphatic heterocycles. The van der Waals surface area contributed by atoms with E-state index >= 15 is 0 Å². The first-order chi connectivity index (χ1) is 9.69. The largest absolute Gasteiger partial charge is 0.496 e. The molecule has 0 fully saturated rings. The average Bonchev–Trinajstić information content (AvgIpc) is 2.93. The summed E-state index contributed by atoms with van der Waals surface area (Å²) >= 11 is 3.40. The molecule has 0 saturated heterocycles. The Morgan fingerprint density at radius 2 is 1.80 bits per heavy atom. The molecule has 0 spiro atoms. The van der Waals surface area contributed by atoms with E-state index in [9.17, 15) is 4.79 Å². The lowest BCUT2D eigenvalue weighted by Crippen LogP contribution is -2.02. The van der Waals surface area contributed by atoms with E-state index < -0.39 is 0 Å². The summed E-state index contributed by atoms with van der Waals surface area (Å²) in [6.45, 7) is 1.22. The van der Waals surface area contributed by atoms with Gasteiger partial charge < -0.3 is 9.47 Å². The van der Waals surface area contributed by atoms with Gasteiger partial charge in [-0.3, -0.25) is 4.79 Å². The van der Waals surface area contributed by atoms with Crippen LogP contribution < -0.4 is 4.74 Å². The van der Waals surface area contributed by atoms with E-state index in [0.717, 1.165) is 15.6 Å². The highest BCUT2D eigenvalue weighted by molar-refractivity contribution is 9.10. The van der Waals surface area contributed by atoms with Gasteiger partial charge in [0.1, 0.15) is 5.75 Å². The zero-order valence-electron chi connectivity index (χ0n) is 11.0. The molecule has 0 amide bonds. The maximum absolute atomic E-state index is 12.5. The van der Waals surface area contributed by atoms with Crippen LogP contribution >= 0.6 is 15.9 Å². The van der Waals surface area contributed by atoms with Crippen molar-refractivity contribution in [2.45, 2.75) is 13.2 Å². The molecule has 1 aliphatic rings. The van der Waals surface area contributed by atoms with Crippen molar-refractivity contribution in [3.05, 3.63) is 63.1 Å². The first-order valence-corrected chi connectivity index (χ1v) is 7.06. The number of carbonyl (C=O) groups is 1. The van der Waals surface area contributed by atoms with Gasteiger partial charge in [0.05, 0.1) is 24.8 Å². The Kier molecular flexibility index (Phi) is 3.59. The summed E-state index contributed by atoms with van der Waals surface area (Å²) < 4.78 is 11.3. The average molecular weight is 333 g/mol. The number of methoxy groups -OCH3 is 1. The zero-order valence-corrected chi connectivity index (χ0v) is 12.6. The number of hydrogen-bond acceptors (Lipinski definition) is 3. The molecule has 0 N–H and O–H groups in total. The van der Waals surface area contributed by atoms with Gasteiger partial charge in [0.15, 0.2) is 5.78 Å². The summed E-state index contributed by atoms with van der Waals surface area (Å²) in [6, 6.07) is 11.1. The van der Waals surface area contributed by atoms with Crippen LogP contribution in [0.25, 0.3) is 0 Å². The van der Waals surface area contributed by atoms with Crippen LogP contribution in [0.1, 0.15) is 27.0 Å². The predicted molar refractivity (Wildman–Crippen MR) is 79.1 cm³/mol. The van der Waals surface area contributed by atoms with Gasteiger partial charge in [-0.05, 0) is 51.3 Å². The van der Waals surface area contributed by atoms with Crippen molar-refractivity contribution in [3.8, 4) is 5.75 Å². The number of carbonyl (C=O) groups excluding carboxylic acids is 1. The molecule has 0 saturated carbocycles. The number of halogens is 1. The van der Waals surface area contributed by atoms with E-state index in [1.807, 2.05) is 18.2 Å². The number of benzene rings is 2. The second-order valence-corrected chi connectivity index (χ2v) is 5.51. The lowest BCUT2D eigenvalue weighted by Gasteiger charge is -2.07. The van der Waals surface area contributed by atoms with E-state index in [0.29, 0.717) is 30.1 Å². The first kappa shape index (κ1) is 13.3. The molecule has 3 nitrogen and oxygen atoms in total. The molecule has 0 aliphatic carbocycles. The maximum Gasteiger partial charge on any atom is 0.193 e. The summed E-state index contributed by atoms with van der Waals surface area (Å²) in [4.78, 5) is 12.5. The maximum atomic E-state index is 12.5. The van der Waals surface area contributed by atoms with Gasteiger partial charge in [0.2, 0.25) is 0 Å². The van der Waals surface area contributed by atoms with E-state index in [1.54, 1.807) is 25.3 Å². The Balaban J connectivity index is 1.94. The Morgan fingerprint density at radius 1 is 1.10 bits per heavy atom. The van der Waals surface area contributed by atoms with E-state index in [-0.39, 0.29) is 5.78 Å². The molecule has 2 aromatic rings. The molecule has 2 aromatic carbocycles. The minimum Gasteiger partial charge on any atom is -0.496 e. The van der Waals surface area contributed by atoms with Crippen LogP contribution in [-0.2, 0) is 18.0 Å². The highest BCUT2D eigenvalue weighted by atomic mass is 79.9. The number of hydrogen-bond donors (Lipinski definition) is 0. The van der Waals surface area contributed by atoms with Crippen LogP contribution in [0, 0.1) is 0 Å². The van der Waals surface area contributed by atoms with Crippen molar-refractivity contribution >= 4 is 21.7 Å². The molecule has 0 aromatic heterocycles. The van der Waals surface area contributed by atoms with Gasteiger partial charge in [0, 0.05) is 11.1 Å². The summed E-state index contributed by atoms with van der Waals surface area (Å²) in [5, 5.41) is 0. The van der Waals surface area contributed by atoms with E-state index in [1.165, 1.54) is 0 Å². The second kappa shape index (κ2) is 5.38. The summed E-state index contributed by atoms with van der Waals surface area (Å²) in [6.07, 6.45) is 0. The normalized spacial score (nSPS) is 13.1. The SMILES string of the molecule is COc1ccc(C(=O)c2ccc3c(c2)COC3)cc1Br. The van der Waals surface area contributed by atoms with Gasteiger partial charge in [0.25, 0.3) is 0 Å². The van der Waals surface area contributed by atoms with Crippen LogP contribution in [0.5, 0.6) is 5.75 Å². The van der Waals surface area contributed by atoms with Gasteiger partial charge in [-0.2, -0.15) is 0 Å². The number of ketones is 1. The van der Waals surface area contributed by atoms with Gasteiger partial charge in [-0.15, -0.1) is 0 Å². The van der Waals surface area contributed by atoms with E-state index in [2.05, 4.69) is 15.9 Å². The fourth-order valence-corrected chi connectivity index (χ4v) is 2.83. The Labute approximate surface area is 125 Å². The molecule has 0 atom stereocenters. The number of rotatable bonds is 3. The minimum atomic E-state index is 0.00283. The standard InChI is InChI=1S/C16H13BrO3/c1-19-15-5-4-11(7-14(15)17)16(18)10-2-3-12-8-20-9-13(12)6-10/h2-7H,8-9H2,1H3. The van der Waals surface area contributed by atoms with Crippen molar-refractivity contribution < 1.29 is 14.3 Å². The highest BCUT2D eigenvalue weighted by Gasteiger charge is 2.16. The molecule has 0 radical (unpaired) electrons. The van der Waals surface area contributed by atoms with Gasteiger partial charge in [-0.1, -0.05) is 12.1 Å². The third kappa shape index (κ3) is 2.37. The molecular formula is C16H13BrO3. The monoisotopic (exact) mass is 332 g/mol. The summed E-state index contributed by atoms with van der Waals surface area (Å²) in [5.74, 6) is 0.715. The van der Waals surface area contributed by atoms with Crippen molar-refractivity contribution in [1.82, 2.24) is 0 Å². The summed E-state index contributed by atoms with van der Waals surface area (Å²) in [7, 11) is 1.60. The Bertz CT molecular complexity index is 679. The topological polar surface area (TPSA) is 35.5 Å². The fraction of sp³-hybridized carbons (Fsp3) is 0.188. The van der Waals surface area contributed by atoms with Crippen LogP contribution in [0.3, 0.4) is 0 Å². The molecule has 1 heterocycles. The number of ether oxygens (including phenoxy) is 2. The molecular weight excluding hydrogens is 320 g/mol. The fourth-order valence-electron chi connectivity index (χ4n) is 2.29. The Hall–Kier alpha value is -1.65. The summed E-state index contributed by atoms with van der Waals surface area (Å²) in [5.41, 5.74) is 3.59. The van der Waals surface area contributed by atoms with Crippen molar-refractivity contribution in [2.24, 2.45) is 0 Å². The predicted octanol–water partition coefficient (Wildman–Crippen LogP) is 3.72. The highest BCUT2D eigenvalue weighted by Crippen LogP contribution is 2.27. The lowest BCUT2D eigenvalue weighted by atomic mass is 9.99. The molecule has 4 heteroatoms. The molecule has 102 valence electrons. The van der Waals surface area contributed by atoms with Gasteiger partial charge in [-0.25, -0.2) is 0 Å². The van der Waals surface area contributed by atoms with Crippen LogP contribution in [0.15, 0.2) is 40.9 Å². The molecule has 3 rings (SSSR count). The van der Waals surface area contributed by atoms with Crippen LogP contribution in [0.4, 0.5) is 0 Å². The third-order valence-corrected chi connectivity index (χ3v) is 4.02. The van der Waals surface area contributed by atoms with Gasteiger partial charge >= 0.3 is 0 Å². The van der Waals surface area contributed by atoms with Crippen molar-refractivity contribution in [2.75, 3.05) is 7.11 Å². The zero-order chi connectivity index (χ0) is 14.1. The first-order valence-electron chi connectivity index (χ1n) is 6.27. The quantitative estimate of drug-likeness (QED) is 0.803. The number of fused-ring (bicyclic) bond motifs is 1. The van der Waals surface area contributed by atoms with Crippen molar-refractivity contribution in [3.63, 3.8) is 0 Å². The lowest BCUT2D eigenvalue weighted by molar-refractivity contribution is 0.103. The van der Waals surface area contributed by atoms with Crippen LogP contribution in [0.2, 0.25) is 0 Å². The Morgan fingerprint density at radius 3 is 2.55 bits per heavy atom. The second-order valence-electron chi connectivity index (χ2n) is 4.65. The van der Waals surface area contributed by atoms with Crippen LogP contribution in [-0.4, -0.2) is 12.9 Å². The molecule has 0 bridgehead atoms. The van der Waals surface area contributed by atoms with Crippen molar-refractivity contribution in [1.29, 1.82) is 0 Å². The minimum absolute atomic E-state index is 0.00283.